The number of nitrogens with zero attached hydrogens (tertiary/aromatic N) is 1. The van der Waals surface area contributed by atoms with Crippen LogP contribution in [-0.2, 0) is 14.4 Å². The molecule has 0 spiro atoms. The number of carbonyl (C=O) groups excluding carboxylic acids is 3. The van der Waals surface area contributed by atoms with Crippen molar-refractivity contribution in [3.05, 3.63) is 23.3 Å². The summed E-state index contributed by atoms with van der Waals surface area (Å²) in [6.07, 6.45) is 9.70. The van der Waals surface area contributed by atoms with Gasteiger partial charge in [0.15, 0.2) is 0 Å². The molecule has 0 bridgehead atoms. The first kappa shape index (κ1) is 31.2. The van der Waals surface area contributed by atoms with E-state index in [2.05, 4.69) is 45.0 Å². The lowest BCUT2D eigenvalue weighted by molar-refractivity contribution is -0.141. The number of unbranched alkanes of at least 4 members (excludes halogenated alkanes) is 1. The molecule has 0 saturated heterocycles. The third kappa shape index (κ3) is 13.5. The monoisotopic (exact) mass is 543 g/mol. The maximum Gasteiger partial charge on any atom is 0.245 e. The van der Waals surface area contributed by atoms with Crippen LogP contribution in [0.1, 0.15) is 72.6 Å². The number of carbonyl (C=O) groups is 3. The van der Waals surface area contributed by atoms with Gasteiger partial charge in [0.25, 0.3) is 0 Å². The van der Waals surface area contributed by atoms with Crippen molar-refractivity contribution in [2.45, 2.75) is 84.7 Å². The van der Waals surface area contributed by atoms with Crippen molar-refractivity contribution in [2.24, 2.45) is 17.6 Å². The highest BCUT2D eigenvalue weighted by atomic mass is 79.9. The quantitative estimate of drug-likeness (QED) is 0.175. The van der Waals surface area contributed by atoms with Crippen LogP contribution in [0.5, 0.6) is 0 Å². The van der Waals surface area contributed by atoms with Crippen LogP contribution in [0.3, 0.4) is 0 Å². The molecule has 0 aliphatic carbocycles. The number of rotatable bonds is 15. The largest absolute Gasteiger partial charge is 0.368 e. The van der Waals surface area contributed by atoms with E-state index >= 15 is 0 Å². The molecular weight excluding hydrogens is 506 g/mol. The van der Waals surface area contributed by atoms with Gasteiger partial charge in [0, 0.05) is 41.4 Å². The summed E-state index contributed by atoms with van der Waals surface area (Å²) in [5, 5.41) is 2.71. The number of likely N-dealkylation sites (N-methyl/N-ethyl adjacent to an activating group) is 1. The summed E-state index contributed by atoms with van der Waals surface area (Å²) in [5.41, 5.74) is 8.32. The Morgan fingerprint density at radius 2 is 1.82 bits per heavy atom. The Morgan fingerprint density at radius 3 is 2.36 bits per heavy atom. The second-order valence-corrected chi connectivity index (χ2v) is 9.32. The molecule has 0 aliphatic rings. The van der Waals surface area contributed by atoms with Crippen molar-refractivity contribution in [1.82, 2.24) is 10.2 Å². The lowest BCUT2D eigenvalue weighted by Crippen LogP contribution is -2.54. The van der Waals surface area contributed by atoms with Gasteiger partial charge in [-0.05, 0) is 55.7 Å². The van der Waals surface area contributed by atoms with Gasteiger partial charge < -0.3 is 16.0 Å². The van der Waals surface area contributed by atoms with Crippen LogP contribution >= 0.6 is 27.5 Å². The number of amides is 3. The van der Waals surface area contributed by atoms with Gasteiger partial charge in [-0.1, -0.05) is 56.0 Å². The Hall–Kier alpha value is -1.78. The van der Waals surface area contributed by atoms with Crippen LogP contribution in [0.4, 0.5) is 0 Å². The fraction of sp³-hybridized carbons (Fsp3) is 0.640. The van der Waals surface area contributed by atoms with E-state index in [9.17, 15) is 14.4 Å². The van der Waals surface area contributed by atoms with Crippen LogP contribution in [0, 0.1) is 22.6 Å². The Balaban J connectivity index is 4.39. The van der Waals surface area contributed by atoms with Crippen LogP contribution < -0.4 is 11.1 Å². The zero-order valence-corrected chi connectivity index (χ0v) is 22.8. The first-order valence-electron chi connectivity index (χ1n) is 11.4. The van der Waals surface area contributed by atoms with E-state index in [0.717, 1.165) is 32.1 Å². The molecule has 186 valence electrons. The zero-order chi connectivity index (χ0) is 25.4. The maximum atomic E-state index is 12.6. The van der Waals surface area contributed by atoms with Gasteiger partial charge in [0.05, 0.1) is 0 Å². The summed E-state index contributed by atoms with van der Waals surface area (Å²) in [6.45, 7) is 7.40. The summed E-state index contributed by atoms with van der Waals surface area (Å²) < 4.78 is 0. The predicted molar refractivity (Wildman–Crippen MR) is 139 cm³/mol. The average Bonchev–Trinajstić information content (AvgIpc) is 2.75. The van der Waals surface area contributed by atoms with Crippen molar-refractivity contribution < 1.29 is 14.4 Å². The fourth-order valence-electron chi connectivity index (χ4n) is 3.52. The summed E-state index contributed by atoms with van der Waals surface area (Å²) in [5.74, 6) is 2.14. The number of allylic oxidation sites excluding steroid dienone is 3. The van der Waals surface area contributed by atoms with Crippen LogP contribution in [0.25, 0.3) is 0 Å². The number of hydrogen-bond donors (Lipinski definition) is 2. The zero-order valence-electron chi connectivity index (χ0n) is 20.5. The molecule has 3 amide bonds. The minimum atomic E-state index is -0.729. The highest BCUT2D eigenvalue weighted by Gasteiger charge is 2.30. The number of primary amides is 1. The molecule has 0 radical (unpaired) electrons. The van der Waals surface area contributed by atoms with Gasteiger partial charge in [0.2, 0.25) is 17.7 Å². The fourth-order valence-corrected chi connectivity index (χ4v) is 3.94. The molecule has 0 aromatic heterocycles. The van der Waals surface area contributed by atoms with Crippen molar-refractivity contribution in [3.63, 3.8) is 0 Å². The van der Waals surface area contributed by atoms with Gasteiger partial charge in [-0.3, -0.25) is 14.4 Å². The van der Waals surface area contributed by atoms with Crippen LogP contribution in [-0.4, -0.2) is 41.8 Å². The summed E-state index contributed by atoms with van der Waals surface area (Å²) in [4.78, 5) is 40.5. The summed E-state index contributed by atoms with van der Waals surface area (Å²) in [7, 11) is 1.53. The van der Waals surface area contributed by atoms with Gasteiger partial charge in [0.1, 0.15) is 12.1 Å². The minimum absolute atomic E-state index is 0.115. The molecule has 0 aromatic carbocycles. The Bertz CT molecular complexity index is 756. The van der Waals surface area contributed by atoms with Crippen molar-refractivity contribution in [3.8, 4) is 10.8 Å². The number of nitrogens with two attached hydrogens (primary N) is 1. The molecule has 8 heteroatoms. The van der Waals surface area contributed by atoms with Crippen molar-refractivity contribution >= 4 is 45.3 Å². The molecule has 0 fully saturated rings. The first-order chi connectivity index (χ1) is 15.5. The van der Waals surface area contributed by atoms with Gasteiger partial charge in [-0.2, -0.15) is 0 Å². The van der Waals surface area contributed by atoms with Crippen molar-refractivity contribution in [1.29, 1.82) is 0 Å². The molecule has 0 heterocycles. The molecular formula is C25H39BrClN3O3. The van der Waals surface area contributed by atoms with Gasteiger partial charge >= 0.3 is 0 Å². The molecule has 3 atom stereocenters. The topological polar surface area (TPSA) is 92.5 Å². The Kier molecular flexibility index (Phi) is 16.7. The standard InChI is InChI=1S/C25H39BrClN3O3/c1-18(2)23(24(28)32)30(5)25(33)20(4)29-22(31)13-9-8-11-19(3)14-15-21(17-27)12-7-6-10-16-26/h8,11,17-20,23H,6-7,9,12-15H2,1-5H3,(H2,28,32)(H,29,31)/b11-8+,21-17+/t19-,20+,23-/m0/s1. The molecule has 6 nitrogen and oxygen atoms in total. The second-order valence-electron chi connectivity index (χ2n) is 8.70. The third-order valence-electron chi connectivity index (χ3n) is 5.38. The maximum absolute atomic E-state index is 12.6. The van der Waals surface area contributed by atoms with Crippen molar-refractivity contribution in [2.75, 3.05) is 7.05 Å². The number of halogens is 2. The summed E-state index contributed by atoms with van der Waals surface area (Å²) in [6, 6.07) is -1.44. The van der Waals surface area contributed by atoms with Crippen LogP contribution in [0.2, 0.25) is 0 Å². The molecule has 33 heavy (non-hydrogen) atoms. The lowest BCUT2D eigenvalue weighted by Gasteiger charge is -2.30. The average molecular weight is 545 g/mol. The van der Waals surface area contributed by atoms with E-state index in [4.69, 9.17) is 17.3 Å². The molecule has 0 unspecified atom stereocenters. The van der Waals surface area contributed by atoms with E-state index in [-0.39, 0.29) is 24.2 Å². The highest BCUT2D eigenvalue weighted by molar-refractivity contribution is 9.12. The minimum Gasteiger partial charge on any atom is -0.368 e. The SMILES string of the molecule is CC(C)[C@@H](C(N)=O)N(C)C(=O)[C@@H](C)NC(=O)CC/C=C/[C@H](C)CC/C(=C/Cl)CCCC#CBr. The Morgan fingerprint density at radius 1 is 1.15 bits per heavy atom. The smallest absolute Gasteiger partial charge is 0.245 e. The molecule has 3 N–H and O–H groups in total. The first-order valence-corrected chi connectivity index (χ1v) is 12.7. The lowest BCUT2D eigenvalue weighted by atomic mass is 9.98. The van der Waals surface area contributed by atoms with E-state index in [1.807, 2.05) is 19.9 Å². The molecule has 0 aliphatic heterocycles. The summed E-state index contributed by atoms with van der Waals surface area (Å²) >= 11 is 9.03. The highest BCUT2D eigenvalue weighted by Crippen LogP contribution is 2.19. The third-order valence-corrected chi connectivity index (χ3v) is 5.97. The van der Waals surface area contributed by atoms with E-state index < -0.39 is 18.0 Å². The number of hydrogen-bond acceptors (Lipinski definition) is 3. The molecule has 0 aromatic rings. The van der Waals surface area contributed by atoms with E-state index in [1.54, 1.807) is 12.5 Å². The van der Waals surface area contributed by atoms with E-state index in [1.165, 1.54) is 17.5 Å². The molecule has 0 saturated carbocycles. The normalized spacial score (nSPS) is 14.4. The van der Waals surface area contributed by atoms with Crippen LogP contribution in [0.15, 0.2) is 23.3 Å². The van der Waals surface area contributed by atoms with Gasteiger partial charge in [-0.25, -0.2) is 0 Å². The molecule has 0 rings (SSSR count). The number of nitrogens with one attached hydrogen (secondary N) is 1. The predicted octanol–water partition coefficient (Wildman–Crippen LogP) is 4.86. The van der Waals surface area contributed by atoms with Gasteiger partial charge in [-0.15, -0.1) is 0 Å². The van der Waals surface area contributed by atoms with E-state index in [0.29, 0.717) is 12.3 Å². The Labute approximate surface area is 212 Å². The second kappa shape index (κ2) is 17.7.